The van der Waals surface area contributed by atoms with E-state index >= 15 is 0 Å². The molecular formula is C11H9F2N3O2. The van der Waals surface area contributed by atoms with Gasteiger partial charge in [-0.2, -0.15) is 4.39 Å². The van der Waals surface area contributed by atoms with Gasteiger partial charge in [0.05, 0.1) is 11.5 Å². The van der Waals surface area contributed by atoms with Crippen LogP contribution >= 0.6 is 0 Å². The minimum Gasteiger partial charge on any atom is -0.322 e. The fourth-order valence-electron chi connectivity index (χ4n) is 1.47. The summed E-state index contributed by atoms with van der Waals surface area (Å²) in [5.41, 5.74) is 2.09. The van der Waals surface area contributed by atoms with Gasteiger partial charge in [0, 0.05) is 30.1 Å². The van der Waals surface area contributed by atoms with Crippen molar-refractivity contribution in [3.8, 4) is 0 Å². The van der Waals surface area contributed by atoms with Crippen molar-refractivity contribution in [3.63, 3.8) is 0 Å². The maximum atomic E-state index is 13.4. The summed E-state index contributed by atoms with van der Waals surface area (Å²) in [7, 11) is 0. The zero-order valence-electron chi connectivity index (χ0n) is 9.14. The topological polar surface area (TPSA) is 60.1 Å². The van der Waals surface area contributed by atoms with Crippen molar-refractivity contribution in [2.45, 2.75) is 6.54 Å². The second-order valence-electron chi connectivity index (χ2n) is 3.58. The summed E-state index contributed by atoms with van der Waals surface area (Å²) in [6.07, 6.45) is 3.38. The van der Waals surface area contributed by atoms with Crippen molar-refractivity contribution < 1.29 is 13.7 Å². The molecule has 0 saturated carbocycles. The standard InChI is InChI=1S/C11H9F2N3O2/c12-9-6-10(13)11(16(17)18)5-8(9)7-14-15-3-1-2-4-15/h1-6,14H,7H2. The molecule has 1 aromatic carbocycles. The fraction of sp³-hybridized carbons (Fsp3) is 0.0909. The molecule has 94 valence electrons. The summed E-state index contributed by atoms with van der Waals surface area (Å²) in [4.78, 5) is 9.65. The highest BCUT2D eigenvalue weighted by molar-refractivity contribution is 5.37. The predicted molar refractivity (Wildman–Crippen MR) is 60.5 cm³/mol. The molecule has 1 N–H and O–H groups in total. The van der Waals surface area contributed by atoms with Gasteiger partial charge in [0.15, 0.2) is 0 Å². The van der Waals surface area contributed by atoms with Gasteiger partial charge in [0.25, 0.3) is 0 Å². The second kappa shape index (κ2) is 4.82. The molecule has 0 unspecified atom stereocenters. The Morgan fingerprint density at radius 3 is 2.50 bits per heavy atom. The van der Waals surface area contributed by atoms with E-state index in [1.807, 2.05) is 0 Å². The van der Waals surface area contributed by atoms with Gasteiger partial charge in [0.1, 0.15) is 5.82 Å². The van der Waals surface area contributed by atoms with Gasteiger partial charge >= 0.3 is 5.69 Å². The Morgan fingerprint density at radius 2 is 1.89 bits per heavy atom. The van der Waals surface area contributed by atoms with E-state index in [2.05, 4.69) is 5.43 Å². The van der Waals surface area contributed by atoms with Crippen molar-refractivity contribution in [1.82, 2.24) is 4.68 Å². The molecule has 2 rings (SSSR count). The molecule has 0 radical (unpaired) electrons. The Labute approximate surface area is 101 Å². The highest BCUT2D eigenvalue weighted by Gasteiger charge is 2.18. The first-order chi connectivity index (χ1) is 8.58. The molecule has 18 heavy (non-hydrogen) atoms. The van der Waals surface area contributed by atoms with Crippen LogP contribution in [0.5, 0.6) is 0 Å². The maximum absolute atomic E-state index is 13.4. The number of rotatable bonds is 4. The van der Waals surface area contributed by atoms with Gasteiger partial charge in [-0.1, -0.05) is 0 Å². The molecule has 0 atom stereocenters. The lowest BCUT2D eigenvalue weighted by Crippen LogP contribution is -2.13. The van der Waals surface area contributed by atoms with Crippen LogP contribution in [0.25, 0.3) is 0 Å². The number of halogens is 2. The molecule has 1 heterocycles. The van der Waals surface area contributed by atoms with E-state index in [0.717, 1.165) is 6.07 Å². The van der Waals surface area contributed by atoms with E-state index in [0.29, 0.717) is 6.07 Å². The lowest BCUT2D eigenvalue weighted by molar-refractivity contribution is -0.387. The summed E-state index contributed by atoms with van der Waals surface area (Å²) in [6, 6.07) is 4.93. The number of nitrogens with one attached hydrogen (secondary N) is 1. The van der Waals surface area contributed by atoms with E-state index in [1.165, 1.54) is 0 Å². The molecule has 0 spiro atoms. The van der Waals surface area contributed by atoms with Crippen LogP contribution in [0.1, 0.15) is 5.56 Å². The van der Waals surface area contributed by atoms with Crippen LogP contribution < -0.4 is 5.43 Å². The van der Waals surface area contributed by atoms with Gasteiger partial charge < -0.3 is 5.43 Å². The number of nitro benzene ring substituents is 1. The molecule has 0 aliphatic rings. The number of nitrogens with zero attached hydrogens (tertiary/aromatic N) is 2. The van der Waals surface area contributed by atoms with Gasteiger partial charge in [-0.25, -0.2) is 4.39 Å². The molecule has 0 saturated heterocycles. The smallest absolute Gasteiger partial charge is 0.305 e. The maximum Gasteiger partial charge on any atom is 0.305 e. The first kappa shape index (κ1) is 12.0. The van der Waals surface area contributed by atoms with Crippen LogP contribution in [-0.4, -0.2) is 9.60 Å². The quantitative estimate of drug-likeness (QED) is 0.672. The molecule has 0 aliphatic heterocycles. The molecule has 0 bridgehead atoms. The van der Waals surface area contributed by atoms with Gasteiger partial charge in [0.2, 0.25) is 5.82 Å². The lowest BCUT2D eigenvalue weighted by Gasteiger charge is -2.08. The van der Waals surface area contributed by atoms with E-state index in [9.17, 15) is 18.9 Å². The molecule has 5 nitrogen and oxygen atoms in total. The normalized spacial score (nSPS) is 10.3. The lowest BCUT2D eigenvalue weighted by atomic mass is 10.2. The summed E-state index contributed by atoms with van der Waals surface area (Å²) < 4.78 is 28.1. The third kappa shape index (κ3) is 2.45. The Kier molecular flexibility index (Phi) is 3.22. The predicted octanol–water partition coefficient (Wildman–Crippen LogP) is 2.42. The average Bonchev–Trinajstić information content (AvgIpc) is 2.80. The number of benzene rings is 1. The molecular weight excluding hydrogens is 244 g/mol. The zero-order chi connectivity index (χ0) is 13.1. The number of nitro groups is 1. The molecule has 2 aromatic rings. The highest BCUT2D eigenvalue weighted by Crippen LogP contribution is 2.21. The van der Waals surface area contributed by atoms with Crippen molar-refractivity contribution in [2.24, 2.45) is 0 Å². The van der Waals surface area contributed by atoms with Crippen LogP contribution in [0, 0.1) is 21.7 Å². The van der Waals surface area contributed by atoms with Gasteiger partial charge in [-0.3, -0.25) is 14.8 Å². The summed E-state index contributed by atoms with van der Waals surface area (Å²) in [6.45, 7) is 0.0155. The SMILES string of the molecule is O=[N+]([O-])c1cc(CNn2cccc2)c(F)cc1F. The first-order valence-electron chi connectivity index (χ1n) is 5.07. The minimum absolute atomic E-state index is 0.0155. The van der Waals surface area contributed by atoms with E-state index < -0.39 is 22.2 Å². The average molecular weight is 253 g/mol. The molecule has 1 aromatic heterocycles. The third-order valence-electron chi connectivity index (χ3n) is 2.37. The van der Waals surface area contributed by atoms with Crippen LogP contribution in [-0.2, 0) is 6.54 Å². The fourth-order valence-corrected chi connectivity index (χ4v) is 1.47. The van der Waals surface area contributed by atoms with E-state index in [-0.39, 0.29) is 12.1 Å². The Morgan fingerprint density at radius 1 is 1.22 bits per heavy atom. The number of hydrogen-bond donors (Lipinski definition) is 1. The number of hydrogen-bond acceptors (Lipinski definition) is 3. The van der Waals surface area contributed by atoms with Gasteiger partial charge in [-0.15, -0.1) is 0 Å². The Bertz CT molecular complexity index is 570. The van der Waals surface area contributed by atoms with Crippen molar-refractivity contribution in [2.75, 3.05) is 5.43 Å². The third-order valence-corrected chi connectivity index (χ3v) is 2.37. The largest absolute Gasteiger partial charge is 0.322 e. The Hall–Kier alpha value is -2.44. The summed E-state index contributed by atoms with van der Waals surface area (Å²) in [5.74, 6) is -2.00. The van der Waals surface area contributed by atoms with Crippen LogP contribution in [0.2, 0.25) is 0 Å². The van der Waals surface area contributed by atoms with Crippen LogP contribution in [0.15, 0.2) is 36.7 Å². The van der Waals surface area contributed by atoms with Crippen molar-refractivity contribution >= 4 is 5.69 Å². The first-order valence-corrected chi connectivity index (χ1v) is 5.07. The van der Waals surface area contributed by atoms with Gasteiger partial charge in [-0.05, 0) is 12.1 Å². The molecule has 7 heteroatoms. The highest BCUT2D eigenvalue weighted by atomic mass is 19.1. The molecule has 0 amide bonds. The summed E-state index contributed by atoms with van der Waals surface area (Å²) in [5, 5.41) is 10.5. The van der Waals surface area contributed by atoms with E-state index in [4.69, 9.17) is 0 Å². The van der Waals surface area contributed by atoms with E-state index in [1.54, 1.807) is 29.2 Å². The molecule has 0 fully saturated rings. The van der Waals surface area contributed by atoms with Crippen LogP contribution in [0.3, 0.4) is 0 Å². The van der Waals surface area contributed by atoms with Crippen LogP contribution in [0.4, 0.5) is 14.5 Å². The Balaban J connectivity index is 2.22. The monoisotopic (exact) mass is 253 g/mol. The van der Waals surface area contributed by atoms with Crippen molar-refractivity contribution in [3.05, 3.63) is 64.0 Å². The number of aromatic nitrogens is 1. The second-order valence-corrected chi connectivity index (χ2v) is 3.58. The molecule has 0 aliphatic carbocycles. The summed E-state index contributed by atoms with van der Waals surface area (Å²) >= 11 is 0. The zero-order valence-corrected chi connectivity index (χ0v) is 9.14. The minimum atomic E-state index is -1.18. The van der Waals surface area contributed by atoms with Crippen molar-refractivity contribution in [1.29, 1.82) is 0 Å².